The molecule has 0 radical (unpaired) electrons. The molecule has 31 heavy (non-hydrogen) atoms. The summed E-state index contributed by atoms with van der Waals surface area (Å²) in [6.45, 7) is 4.34. The van der Waals surface area contributed by atoms with Gasteiger partial charge in [-0.05, 0) is 43.9 Å². The van der Waals surface area contributed by atoms with Gasteiger partial charge in [0.15, 0.2) is 11.4 Å². The smallest absolute Gasteiger partial charge is 0.264 e. The summed E-state index contributed by atoms with van der Waals surface area (Å²) in [6, 6.07) is 23.0. The molecule has 158 valence electrons. The van der Waals surface area contributed by atoms with Crippen LogP contribution in [0.25, 0.3) is 0 Å². The van der Waals surface area contributed by atoms with Crippen molar-refractivity contribution in [2.75, 3.05) is 11.4 Å². The van der Waals surface area contributed by atoms with E-state index < -0.39 is 11.5 Å². The monoisotopic (exact) mass is 413 g/mol. The standard InChI is InChI=1S/C27H27NO3/c1-19-14-15-22(20(2)17-19)25(29)18-27(31)23-12-6-7-13-24(23)28(26(27)30)16-8-11-21-9-4-3-5-10-21/h3-7,9-10,12-15,17,31H,8,11,16,18H2,1-2H3. The molecule has 0 saturated heterocycles. The Bertz CT molecular complexity index is 1120. The number of nitrogens with zero attached hydrogens (tertiary/aromatic N) is 1. The number of anilines is 1. The van der Waals surface area contributed by atoms with Crippen LogP contribution in [-0.2, 0) is 16.8 Å². The van der Waals surface area contributed by atoms with Crippen LogP contribution in [0.4, 0.5) is 5.69 Å². The SMILES string of the molecule is Cc1ccc(C(=O)CC2(O)C(=O)N(CCCc3ccccc3)c3ccccc32)c(C)c1. The Morgan fingerprint density at radius 3 is 2.42 bits per heavy atom. The number of carbonyl (C=O) groups is 2. The number of rotatable bonds is 7. The van der Waals surface area contributed by atoms with Crippen molar-refractivity contribution >= 4 is 17.4 Å². The van der Waals surface area contributed by atoms with Crippen molar-refractivity contribution < 1.29 is 14.7 Å². The van der Waals surface area contributed by atoms with Gasteiger partial charge in [-0.25, -0.2) is 0 Å². The number of hydrogen-bond donors (Lipinski definition) is 1. The third kappa shape index (κ3) is 4.04. The molecule has 1 aliphatic heterocycles. The first-order chi connectivity index (χ1) is 14.9. The van der Waals surface area contributed by atoms with Gasteiger partial charge in [-0.15, -0.1) is 0 Å². The van der Waals surface area contributed by atoms with Crippen molar-refractivity contribution in [3.05, 3.63) is 101 Å². The largest absolute Gasteiger partial charge is 0.375 e. The van der Waals surface area contributed by atoms with E-state index in [-0.39, 0.29) is 12.2 Å². The summed E-state index contributed by atoms with van der Waals surface area (Å²) in [7, 11) is 0. The summed E-state index contributed by atoms with van der Waals surface area (Å²) in [5.41, 5.74) is 3.05. The number of benzene rings is 3. The minimum Gasteiger partial charge on any atom is -0.375 e. The van der Waals surface area contributed by atoms with Crippen LogP contribution in [0, 0.1) is 13.8 Å². The van der Waals surface area contributed by atoms with Crippen LogP contribution >= 0.6 is 0 Å². The number of para-hydroxylation sites is 1. The zero-order valence-electron chi connectivity index (χ0n) is 18.0. The van der Waals surface area contributed by atoms with E-state index in [1.54, 1.807) is 23.1 Å². The number of aliphatic hydroxyl groups is 1. The maximum atomic E-state index is 13.4. The van der Waals surface area contributed by atoms with Crippen LogP contribution in [0.3, 0.4) is 0 Å². The highest BCUT2D eigenvalue weighted by Crippen LogP contribution is 2.43. The lowest BCUT2D eigenvalue weighted by atomic mass is 9.87. The lowest BCUT2D eigenvalue weighted by Crippen LogP contribution is -2.42. The summed E-state index contributed by atoms with van der Waals surface area (Å²) >= 11 is 0. The fraction of sp³-hybridized carbons (Fsp3) is 0.259. The Morgan fingerprint density at radius 1 is 0.968 bits per heavy atom. The summed E-state index contributed by atoms with van der Waals surface area (Å²) < 4.78 is 0. The van der Waals surface area contributed by atoms with Gasteiger partial charge in [-0.1, -0.05) is 72.3 Å². The molecule has 1 aliphatic rings. The quantitative estimate of drug-likeness (QED) is 0.569. The van der Waals surface area contributed by atoms with Crippen LogP contribution in [0.1, 0.15) is 45.5 Å². The minimum absolute atomic E-state index is 0.228. The van der Waals surface area contributed by atoms with Crippen LogP contribution in [-0.4, -0.2) is 23.3 Å². The Kier molecular flexibility index (Phi) is 5.75. The minimum atomic E-state index is -1.84. The number of hydrogen-bond acceptors (Lipinski definition) is 3. The Morgan fingerprint density at radius 2 is 1.68 bits per heavy atom. The van der Waals surface area contributed by atoms with Crippen LogP contribution in [0.15, 0.2) is 72.8 Å². The van der Waals surface area contributed by atoms with Gasteiger partial charge in [0, 0.05) is 17.7 Å². The molecule has 1 N–H and O–H groups in total. The number of fused-ring (bicyclic) bond motifs is 1. The molecular weight excluding hydrogens is 386 g/mol. The van der Waals surface area contributed by atoms with Gasteiger partial charge in [-0.2, -0.15) is 0 Å². The predicted octanol–water partition coefficient (Wildman–Crippen LogP) is 4.74. The molecule has 4 heteroatoms. The Labute approximate surface area is 183 Å². The van der Waals surface area contributed by atoms with Crippen molar-refractivity contribution in [3.63, 3.8) is 0 Å². The maximum Gasteiger partial charge on any atom is 0.264 e. The number of Topliss-reactive ketones (excluding diaryl/α,β-unsaturated/α-hetero) is 1. The second-order valence-electron chi connectivity index (χ2n) is 8.34. The molecule has 0 fully saturated rings. The fourth-order valence-electron chi connectivity index (χ4n) is 4.44. The molecule has 1 unspecified atom stereocenters. The average molecular weight is 414 g/mol. The van der Waals surface area contributed by atoms with Gasteiger partial charge in [0.1, 0.15) is 0 Å². The van der Waals surface area contributed by atoms with E-state index in [0.29, 0.717) is 23.4 Å². The van der Waals surface area contributed by atoms with Crippen molar-refractivity contribution in [3.8, 4) is 0 Å². The third-order valence-corrected chi connectivity index (χ3v) is 6.03. The molecule has 1 atom stereocenters. The van der Waals surface area contributed by atoms with E-state index in [0.717, 1.165) is 24.0 Å². The molecular formula is C27H27NO3. The van der Waals surface area contributed by atoms with Crippen molar-refractivity contribution in [1.29, 1.82) is 0 Å². The first-order valence-electron chi connectivity index (χ1n) is 10.7. The Hall–Kier alpha value is -3.24. The second-order valence-corrected chi connectivity index (χ2v) is 8.34. The van der Waals surface area contributed by atoms with Gasteiger partial charge in [-0.3, -0.25) is 9.59 Å². The summed E-state index contributed by atoms with van der Waals surface area (Å²) in [6.07, 6.45) is 1.35. The van der Waals surface area contributed by atoms with E-state index in [9.17, 15) is 14.7 Å². The molecule has 0 aliphatic carbocycles. The number of carbonyl (C=O) groups excluding carboxylic acids is 2. The van der Waals surface area contributed by atoms with Crippen molar-refractivity contribution in [2.24, 2.45) is 0 Å². The van der Waals surface area contributed by atoms with E-state index in [1.165, 1.54) is 5.56 Å². The number of ketones is 1. The molecule has 0 bridgehead atoms. The predicted molar refractivity (Wildman–Crippen MR) is 122 cm³/mol. The normalized spacial score (nSPS) is 17.6. The first kappa shape index (κ1) is 21.0. The second kappa shape index (κ2) is 8.48. The van der Waals surface area contributed by atoms with E-state index >= 15 is 0 Å². The molecule has 0 aromatic heterocycles. The molecule has 4 rings (SSSR count). The van der Waals surface area contributed by atoms with Gasteiger partial charge in [0.05, 0.1) is 12.1 Å². The molecule has 1 heterocycles. The van der Waals surface area contributed by atoms with Gasteiger partial charge >= 0.3 is 0 Å². The molecule has 0 spiro atoms. The summed E-state index contributed by atoms with van der Waals surface area (Å²) in [4.78, 5) is 28.1. The highest BCUT2D eigenvalue weighted by atomic mass is 16.3. The van der Waals surface area contributed by atoms with E-state index in [4.69, 9.17) is 0 Å². The average Bonchev–Trinajstić information content (AvgIpc) is 2.96. The van der Waals surface area contributed by atoms with Crippen LogP contribution < -0.4 is 4.90 Å². The van der Waals surface area contributed by atoms with Crippen LogP contribution in [0.5, 0.6) is 0 Å². The van der Waals surface area contributed by atoms with E-state index in [1.807, 2.05) is 56.3 Å². The molecule has 1 amide bonds. The summed E-state index contributed by atoms with van der Waals surface area (Å²) in [5.74, 6) is -0.644. The Balaban J connectivity index is 1.56. The van der Waals surface area contributed by atoms with Gasteiger partial charge < -0.3 is 10.0 Å². The number of aryl methyl sites for hydroxylation is 3. The highest BCUT2D eigenvalue weighted by molar-refractivity contribution is 6.11. The lowest BCUT2D eigenvalue weighted by Gasteiger charge is -2.23. The third-order valence-electron chi connectivity index (χ3n) is 6.03. The van der Waals surface area contributed by atoms with Gasteiger partial charge in [0.25, 0.3) is 5.91 Å². The van der Waals surface area contributed by atoms with Crippen molar-refractivity contribution in [2.45, 2.75) is 38.7 Å². The highest BCUT2D eigenvalue weighted by Gasteiger charge is 2.50. The fourth-order valence-corrected chi connectivity index (χ4v) is 4.44. The molecule has 0 saturated carbocycles. The molecule has 4 nitrogen and oxygen atoms in total. The maximum absolute atomic E-state index is 13.4. The van der Waals surface area contributed by atoms with E-state index in [2.05, 4.69) is 12.1 Å². The molecule has 3 aromatic rings. The van der Waals surface area contributed by atoms with Crippen molar-refractivity contribution in [1.82, 2.24) is 0 Å². The zero-order valence-corrected chi connectivity index (χ0v) is 18.0. The first-order valence-corrected chi connectivity index (χ1v) is 10.7. The lowest BCUT2D eigenvalue weighted by molar-refractivity contribution is -0.135. The number of amides is 1. The van der Waals surface area contributed by atoms with Gasteiger partial charge in [0.2, 0.25) is 0 Å². The molecule has 3 aromatic carbocycles. The summed E-state index contributed by atoms with van der Waals surface area (Å²) in [5, 5.41) is 11.5. The van der Waals surface area contributed by atoms with Crippen LogP contribution in [0.2, 0.25) is 0 Å². The zero-order chi connectivity index (χ0) is 22.0. The topological polar surface area (TPSA) is 57.6 Å².